The number of hydrogen-bond donors (Lipinski definition) is 2. The fourth-order valence-electron chi connectivity index (χ4n) is 1.48. The SMILES string of the molecule is CC(C)c1cc2n[nH]c(CCN)c2s1. The number of nitrogens with one attached hydrogen (secondary N) is 1. The number of aromatic amines is 1. The number of aromatic nitrogens is 2. The summed E-state index contributed by atoms with van der Waals surface area (Å²) in [5.41, 5.74) is 7.80. The maximum absolute atomic E-state index is 5.53. The van der Waals surface area contributed by atoms with Gasteiger partial charge >= 0.3 is 0 Å². The lowest BCUT2D eigenvalue weighted by molar-refractivity contribution is 0.888. The van der Waals surface area contributed by atoms with Gasteiger partial charge in [0.05, 0.1) is 10.4 Å². The minimum absolute atomic E-state index is 0.583. The maximum atomic E-state index is 5.53. The summed E-state index contributed by atoms with van der Waals surface area (Å²) in [6.07, 6.45) is 0.883. The van der Waals surface area contributed by atoms with Gasteiger partial charge in [-0.15, -0.1) is 11.3 Å². The molecule has 0 spiro atoms. The Kier molecular flexibility index (Phi) is 2.56. The van der Waals surface area contributed by atoms with Gasteiger partial charge in [-0.1, -0.05) is 13.8 Å². The average molecular weight is 209 g/mol. The van der Waals surface area contributed by atoms with Crippen LogP contribution in [0.4, 0.5) is 0 Å². The van der Waals surface area contributed by atoms with Crippen molar-refractivity contribution in [3.05, 3.63) is 16.6 Å². The van der Waals surface area contributed by atoms with E-state index in [1.807, 2.05) is 11.3 Å². The zero-order valence-corrected chi connectivity index (χ0v) is 9.32. The fraction of sp³-hybridized carbons (Fsp3) is 0.500. The molecular formula is C10H15N3S. The molecule has 0 aromatic carbocycles. The first-order chi connectivity index (χ1) is 6.72. The van der Waals surface area contributed by atoms with Crippen molar-refractivity contribution in [1.82, 2.24) is 10.2 Å². The molecule has 0 aliphatic carbocycles. The Morgan fingerprint density at radius 1 is 1.57 bits per heavy atom. The van der Waals surface area contributed by atoms with E-state index in [1.165, 1.54) is 15.3 Å². The van der Waals surface area contributed by atoms with Gasteiger partial charge in [0.25, 0.3) is 0 Å². The van der Waals surface area contributed by atoms with Crippen molar-refractivity contribution in [2.45, 2.75) is 26.2 Å². The van der Waals surface area contributed by atoms with Crippen molar-refractivity contribution in [3.8, 4) is 0 Å². The molecule has 3 nitrogen and oxygen atoms in total. The topological polar surface area (TPSA) is 54.7 Å². The van der Waals surface area contributed by atoms with Crippen molar-refractivity contribution >= 4 is 21.6 Å². The summed E-state index contributed by atoms with van der Waals surface area (Å²) in [6.45, 7) is 5.08. The van der Waals surface area contributed by atoms with E-state index in [-0.39, 0.29) is 0 Å². The number of thiophene rings is 1. The molecule has 0 saturated heterocycles. The van der Waals surface area contributed by atoms with E-state index in [2.05, 4.69) is 30.1 Å². The summed E-state index contributed by atoms with van der Waals surface area (Å²) in [6, 6.07) is 2.17. The summed E-state index contributed by atoms with van der Waals surface area (Å²) in [7, 11) is 0. The highest BCUT2D eigenvalue weighted by Crippen LogP contribution is 2.31. The molecule has 3 N–H and O–H groups in total. The largest absolute Gasteiger partial charge is 0.330 e. The van der Waals surface area contributed by atoms with Crippen LogP contribution in [-0.2, 0) is 6.42 Å². The quantitative estimate of drug-likeness (QED) is 0.814. The van der Waals surface area contributed by atoms with Crippen LogP contribution in [0.2, 0.25) is 0 Å². The monoisotopic (exact) mass is 209 g/mol. The summed E-state index contributed by atoms with van der Waals surface area (Å²) in [4.78, 5) is 1.40. The third-order valence-electron chi connectivity index (χ3n) is 2.28. The molecule has 0 bridgehead atoms. The van der Waals surface area contributed by atoms with Gasteiger partial charge in [0.15, 0.2) is 0 Å². The first-order valence-corrected chi connectivity index (χ1v) is 5.70. The molecule has 76 valence electrons. The lowest BCUT2D eigenvalue weighted by Crippen LogP contribution is -2.02. The predicted octanol–water partition coefficient (Wildman–Crippen LogP) is 2.25. The van der Waals surface area contributed by atoms with E-state index in [0.717, 1.165) is 11.9 Å². The van der Waals surface area contributed by atoms with Gasteiger partial charge in [-0.3, -0.25) is 5.10 Å². The van der Waals surface area contributed by atoms with Crippen LogP contribution < -0.4 is 5.73 Å². The standard InChI is InChI=1S/C10H15N3S/c1-6(2)9-5-8-10(14-9)7(3-4-11)12-13-8/h5-6H,3-4,11H2,1-2H3,(H,12,13). The normalized spacial score (nSPS) is 11.7. The number of rotatable bonds is 3. The third kappa shape index (κ3) is 1.55. The van der Waals surface area contributed by atoms with Crippen molar-refractivity contribution < 1.29 is 0 Å². The smallest absolute Gasteiger partial charge is 0.103 e. The van der Waals surface area contributed by atoms with Gasteiger partial charge in [-0.2, -0.15) is 5.10 Å². The van der Waals surface area contributed by atoms with Gasteiger partial charge in [-0.05, 0) is 18.5 Å². The zero-order valence-electron chi connectivity index (χ0n) is 8.50. The molecule has 2 aromatic rings. The van der Waals surface area contributed by atoms with Crippen LogP contribution in [-0.4, -0.2) is 16.7 Å². The molecule has 0 saturated carbocycles. The molecule has 0 fully saturated rings. The van der Waals surface area contributed by atoms with E-state index in [0.29, 0.717) is 12.5 Å². The van der Waals surface area contributed by atoms with Crippen molar-refractivity contribution in [1.29, 1.82) is 0 Å². The van der Waals surface area contributed by atoms with Gasteiger partial charge < -0.3 is 5.73 Å². The summed E-state index contributed by atoms with van der Waals surface area (Å²) >= 11 is 1.83. The van der Waals surface area contributed by atoms with Gasteiger partial charge in [-0.25, -0.2) is 0 Å². The molecule has 0 atom stereocenters. The van der Waals surface area contributed by atoms with Gasteiger partial charge in [0.1, 0.15) is 5.52 Å². The Morgan fingerprint density at radius 3 is 3.00 bits per heavy atom. The van der Waals surface area contributed by atoms with Crippen LogP contribution in [0.3, 0.4) is 0 Å². The molecule has 0 unspecified atom stereocenters. The Hall–Kier alpha value is -0.870. The van der Waals surface area contributed by atoms with Gasteiger partial charge in [0, 0.05) is 11.3 Å². The molecule has 0 aliphatic rings. The first kappa shape index (κ1) is 9.68. The second-order valence-corrected chi connectivity index (χ2v) is 4.84. The number of nitrogens with zero attached hydrogens (tertiary/aromatic N) is 1. The van der Waals surface area contributed by atoms with Crippen LogP contribution >= 0.6 is 11.3 Å². The molecule has 2 aromatic heterocycles. The van der Waals surface area contributed by atoms with Crippen molar-refractivity contribution in [2.75, 3.05) is 6.54 Å². The highest BCUT2D eigenvalue weighted by atomic mass is 32.1. The Labute approximate surface area is 87.3 Å². The molecule has 2 heterocycles. The molecule has 0 aliphatic heterocycles. The Balaban J connectivity index is 2.45. The first-order valence-electron chi connectivity index (χ1n) is 4.89. The molecule has 0 radical (unpaired) electrons. The number of fused-ring (bicyclic) bond motifs is 1. The summed E-state index contributed by atoms with van der Waals surface area (Å²) in [5, 5.41) is 7.31. The van der Waals surface area contributed by atoms with Crippen molar-refractivity contribution in [2.24, 2.45) is 5.73 Å². The highest BCUT2D eigenvalue weighted by molar-refractivity contribution is 7.19. The van der Waals surface area contributed by atoms with E-state index in [1.54, 1.807) is 0 Å². The minimum Gasteiger partial charge on any atom is -0.330 e. The average Bonchev–Trinajstić information content (AvgIpc) is 2.67. The van der Waals surface area contributed by atoms with Crippen LogP contribution in [0.5, 0.6) is 0 Å². The van der Waals surface area contributed by atoms with E-state index in [9.17, 15) is 0 Å². The molecule has 0 amide bonds. The predicted molar refractivity (Wildman–Crippen MR) is 60.8 cm³/mol. The lowest BCUT2D eigenvalue weighted by atomic mass is 10.2. The molecule has 14 heavy (non-hydrogen) atoms. The molecular weight excluding hydrogens is 194 g/mol. The fourth-order valence-corrected chi connectivity index (χ4v) is 2.60. The number of hydrogen-bond acceptors (Lipinski definition) is 3. The highest BCUT2D eigenvalue weighted by Gasteiger charge is 2.11. The lowest BCUT2D eigenvalue weighted by Gasteiger charge is -1.97. The van der Waals surface area contributed by atoms with Gasteiger partial charge in [0.2, 0.25) is 0 Å². The van der Waals surface area contributed by atoms with Crippen molar-refractivity contribution in [3.63, 3.8) is 0 Å². The number of nitrogens with two attached hydrogens (primary N) is 1. The van der Waals surface area contributed by atoms with E-state index in [4.69, 9.17) is 5.73 Å². The summed E-state index contributed by atoms with van der Waals surface area (Å²) < 4.78 is 1.28. The van der Waals surface area contributed by atoms with Crippen LogP contribution in [0.1, 0.15) is 30.3 Å². The summed E-state index contributed by atoms with van der Waals surface area (Å²) in [5.74, 6) is 0.583. The second-order valence-electron chi connectivity index (χ2n) is 3.76. The maximum Gasteiger partial charge on any atom is 0.103 e. The Bertz CT molecular complexity index is 427. The van der Waals surface area contributed by atoms with Crippen LogP contribution in [0.15, 0.2) is 6.07 Å². The second kappa shape index (κ2) is 3.71. The van der Waals surface area contributed by atoms with E-state index < -0.39 is 0 Å². The van der Waals surface area contributed by atoms with Crippen LogP contribution in [0, 0.1) is 0 Å². The molecule has 2 rings (SSSR count). The number of H-pyrrole nitrogens is 1. The Morgan fingerprint density at radius 2 is 2.36 bits per heavy atom. The molecule has 4 heteroatoms. The zero-order chi connectivity index (χ0) is 10.1. The van der Waals surface area contributed by atoms with E-state index >= 15 is 0 Å². The third-order valence-corrected chi connectivity index (χ3v) is 3.76. The minimum atomic E-state index is 0.583. The van der Waals surface area contributed by atoms with Crippen LogP contribution in [0.25, 0.3) is 10.2 Å².